The van der Waals surface area contributed by atoms with E-state index in [1.54, 1.807) is 24.3 Å². The van der Waals surface area contributed by atoms with Crippen LogP contribution in [-0.4, -0.2) is 5.71 Å². The summed E-state index contributed by atoms with van der Waals surface area (Å²) in [6.45, 7) is 3.61. The third kappa shape index (κ3) is 2.70. The van der Waals surface area contributed by atoms with Gasteiger partial charge in [-0.15, -0.1) is 6.58 Å². The zero-order valence-electron chi connectivity index (χ0n) is 7.78. The maximum absolute atomic E-state index is 13.3. The monoisotopic (exact) mass is 209 g/mol. The fourth-order valence-electron chi connectivity index (χ4n) is 1.17. The molecule has 0 aliphatic carbocycles. The second-order valence-corrected chi connectivity index (χ2v) is 3.05. The van der Waals surface area contributed by atoms with Gasteiger partial charge >= 0.3 is 0 Å². The largest absolute Gasteiger partial charge is 0.224 e. The Bertz CT molecular complexity index is 347. The van der Waals surface area contributed by atoms with Crippen LogP contribution in [0.4, 0.5) is 4.39 Å². The zero-order valence-corrected chi connectivity index (χ0v) is 8.67. The molecule has 0 saturated carbocycles. The normalized spacial score (nSPS) is 11.4. The van der Waals surface area contributed by atoms with Crippen LogP contribution in [0.1, 0.15) is 18.4 Å². The molecular weight excluding hydrogens is 197 g/mol. The van der Waals surface area contributed by atoms with E-state index in [1.165, 1.54) is 6.07 Å². The lowest BCUT2D eigenvalue weighted by Crippen LogP contribution is -2.02. The first kappa shape index (κ1) is 11.0. The van der Waals surface area contributed by atoms with Crippen LogP contribution in [0, 0.1) is 5.82 Å². The first-order chi connectivity index (χ1) is 6.79. The van der Waals surface area contributed by atoms with Gasteiger partial charge in [0.1, 0.15) is 5.82 Å². The molecule has 14 heavy (non-hydrogen) atoms. The number of hydrogen-bond donors (Lipinski definition) is 1. The third-order valence-electron chi connectivity index (χ3n) is 1.89. The summed E-state index contributed by atoms with van der Waals surface area (Å²) in [6.07, 6.45) is 3.21. The fourth-order valence-corrected chi connectivity index (χ4v) is 1.38. The Hall–Kier alpha value is -1.09. The smallest absolute Gasteiger partial charge is 0.132 e. The molecule has 1 aromatic rings. The molecule has 3 heteroatoms. The number of allylic oxidation sites excluding steroid dienone is 1. The molecule has 1 aromatic carbocycles. The molecule has 1 nitrogen and oxygen atoms in total. The van der Waals surface area contributed by atoms with Gasteiger partial charge in [0.25, 0.3) is 0 Å². The lowest BCUT2D eigenvalue weighted by atomic mass is 10.1. The molecule has 0 N–H and O–H groups in total. The number of nitrogens with zero attached hydrogens (tertiary/aromatic N) is 1. The minimum absolute atomic E-state index is 0.260. The first-order valence-electron chi connectivity index (χ1n) is 4.36. The molecule has 0 radical (unpaired) electrons. The van der Waals surface area contributed by atoms with Crippen LogP contribution in [0.25, 0.3) is 0 Å². The molecule has 0 bridgehead atoms. The van der Waals surface area contributed by atoms with Gasteiger partial charge in [-0.05, 0) is 31.7 Å². The molecule has 0 aliphatic heterocycles. The van der Waals surface area contributed by atoms with Crippen molar-refractivity contribution in [2.45, 2.75) is 12.8 Å². The Labute approximate surface area is 88.9 Å². The SMILES string of the molecule is C=CCC/C(=N\S)c1ccccc1F. The molecule has 74 valence electrons. The van der Waals surface area contributed by atoms with Gasteiger partial charge < -0.3 is 0 Å². The van der Waals surface area contributed by atoms with E-state index in [-0.39, 0.29) is 5.82 Å². The van der Waals surface area contributed by atoms with E-state index >= 15 is 0 Å². The fraction of sp³-hybridized carbons (Fsp3) is 0.182. The first-order valence-corrected chi connectivity index (χ1v) is 4.76. The van der Waals surface area contributed by atoms with Crippen molar-refractivity contribution < 1.29 is 4.39 Å². The van der Waals surface area contributed by atoms with Gasteiger partial charge in [0, 0.05) is 5.56 Å². The predicted octanol–water partition coefficient (Wildman–Crippen LogP) is 3.43. The lowest BCUT2D eigenvalue weighted by Gasteiger charge is -2.04. The van der Waals surface area contributed by atoms with E-state index in [4.69, 9.17) is 0 Å². The number of rotatable bonds is 4. The van der Waals surface area contributed by atoms with Crippen molar-refractivity contribution in [1.82, 2.24) is 0 Å². The molecular formula is C11H12FNS. The molecule has 0 fully saturated rings. The summed E-state index contributed by atoms with van der Waals surface area (Å²) in [6, 6.07) is 6.56. The number of halogens is 1. The van der Waals surface area contributed by atoms with Crippen LogP contribution in [0.5, 0.6) is 0 Å². The van der Waals surface area contributed by atoms with E-state index in [9.17, 15) is 4.39 Å². The average molecular weight is 209 g/mol. The number of benzene rings is 1. The van der Waals surface area contributed by atoms with Crippen molar-refractivity contribution in [3.05, 3.63) is 48.3 Å². The number of thiol groups is 1. The summed E-state index contributed by atoms with van der Waals surface area (Å²) >= 11 is 3.83. The van der Waals surface area contributed by atoms with Gasteiger partial charge in [-0.25, -0.2) is 8.79 Å². The summed E-state index contributed by atoms with van der Waals surface area (Å²) in [7, 11) is 0. The van der Waals surface area contributed by atoms with E-state index in [0.29, 0.717) is 17.7 Å². The second kappa shape index (κ2) is 5.60. The quantitative estimate of drug-likeness (QED) is 0.443. The Kier molecular flexibility index (Phi) is 4.40. The van der Waals surface area contributed by atoms with Crippen LogP contribution in [0.2, 0.25) is 0 Å². The van der Waals surface area contributed by atoms with Gasteiger partial charge in [-0.1, -0.05) is 24.3 Å². The standard InChI is InChI=1S/C11H12FNS/c1-2-3-8-11(13-14)9-6-4-5-7-10(9)12/h2,4-7,14H,1,3,8H2/b13-11+. The molecule has 0 heterocycles. The Morgan fingerprint density at radius 2 is 2.21 bits per heavy atom. The molecule has 0 spiro atoms. The van der Waals surface area contributed by atoms with E-state index in [0.717, 1.165) is 6.42 Å². The predicted molar refractivity (Wildman–Crippen MR) is 61.4 cm³/mol. The molecule has 0 amide bonds. The molecule has 0 aliphatic rings. The molecule has 0 saturated heterocycles. The topological polar surface area (TPSA) is 12.4 Å². The Morgan fingerprint density at radius 1 is 1.50 bits per heavy atom. The van der Waals surface area contributed by atoms with Crippen molar-refractivity contribution >= 4 is 18.5 Å². The van der Waals surface area contributed by atoms with Gasteiger partial charge in [-0.2, -0.15) is 0 Å². The van der Waals surface area contributed by atoms with Crippen LogP contribution in [0.3, 0.4) is 0 Å². The maximum Gasteiger partial charge on any atom is 0.132 e. The van der Waals surface area contributed by atoms with Crippen LogP contribution < -0.4 is 0 Å². The maximum atomic E-state index is 13.3. The van der Waals surface area contributed by atoms with Crippen molar-refractivity contribution in [2.75, 3.05) is 0 Å². The third-order valence-corrected chi connectivity index (χ3v) is 2.13. The summed E-state index contributed by atoms with van der Waals surface area (Å²) in [5.41, 5.74) is 1.18. The number of hydrogen-bond acceptors (Lipinski definition) is 2. The van der Waals surface area contributed by atoms with Crippen molar-refractivity contribution in [3.8, 4) is 0 Å². The Balaban J connectivity index is 2.90. The van der Waals surface area contributed by atoms with Gasteiger partial charge in [-0.3, -0.25) is 0 Å². The van der Waals surface area contributed by atoms with Crippen molar-refractivity contribution in [2.24, 2.45) is 4.40 Å². The zero-order chi connectivity index (χ0) is 10.4. The summed E-state index contributed by atoms with van der Waals surface area (Å²) in [5, 5.41) is 0. The highest BCUT2D eigenvalue weighted by molar-refractivity contribution is 7.79. The molecule has 1 rings (SSSR count). The summed E-state index contributed by atoms with van der Waals surface area (Å²) < 4.78 is 17.1. The highest BCUT2D eigenvalue weighted by Gasteiger charge is 2.06. The van der Waals surface area contributed by atoms with Crippen LogP contribution >= 0.6 is 12.8 Å². The summed E-state index contributed by atoms with van der Waals surface area (Å²) in [4.78, 5) is 0. The highest BCUT2D eigenvalue weighted by Crippen LogP contribution is 2.12. The van der Waals surface area contributed by atoms with E-state index < -0.39 is 0 Å². The molecule has 0 aromatic heterocycles. The molecule has 0 atom stereocenters. The van der Waals surface area contributed by atoms with Crippen LogP contribution in [-0.2, 0) is 0 Å². The van der Waals surface area contributed by atoms with E-state index in [2.05, 4.69) is 23.8 Å². The second-order valence-electron chi connectivity index (χ2n) is 2.85. The Morgan fingerprint density at radius 3 is 2.79 bits per heavy atom. The highest BCUT2D eigenvalue weighted by atomic mass is 32.1. The van der Waals surface area contributed by atoms with Gasteiger partial charge in [0.2, 0.25) is 0 Å². The minimum Gasteiger partial charge on any atom is -0.224 e. The summed E-state index contributed by atoms with van der Waals surface area (Å²) in [5.74, 6) is -0.260. The minimum atomic E-state index is -0.260. The van der Waals surface area contributed by atoms with E-state index in [1.807, 2.05) is 0 Å². The average Bonchev–Trinajstić information content (AvgIpc) is 2.21. The van der Waals surface area contributed by atoms with Crippen molar-refractivity contribution in [3.63, 3.8) is 0 Å². The lowest BCUT2D eigenvalue weighted by molar-refractivity contribution is 0.624. The van der Waals surface area contributed by atoms with Crippen LogP contribution in [0.15, 0.2) is 41.3 Å². The van der Waals surface area contributed by atoms with Gasteiger partial charge in [0.15, 0.2) is 0 Å². The molecule has 0 unspecified atom stereocenters. The van der Waals surface area contributed by atoms with Crippen molar-refractivity contribution in [1.29, 1.82) is 0 Å². The van der Waals surface area contributed by atoms with Gasteiger partial charge in [0.05, 0.1) is 5.71 Å².